The molecule has 0 aliphatic heterocycles. The van der Waals surface area contributed by atoms with Crippen LogP contribution in [-0.4, -0.2) is 30.1 Å². The molecule has 120 valence electrons. The molecule has 1 amide bonds. The number of nitrogens with one attached hydrogen (secondary N) is 1. The first-order chi connectivity index (χ1) is 11.1. The van der Waals surface area contributed by atoms with Crippen molar-refractivity contribution in [3.8, 4) is 0 Å². The Kier molecular flexibility index (Phi) is 3.96. The molecule has 0 aromatic carbocycles. The minimum absolute atomic E-state index is 0.0851. The highest BCUT2D eigenvalue weighted by molar-refractivity contribution is 5.76. The van der Waals surface area contributed by atoms with E-state index in [0.29, 0.717) is 11.6 Å². The second kappa shape index (κ2) is 6.07. The van der Waals surface area contributed by atoms with E-state index in [1.165, 1.54) is 4.68 Å². The number of rotatable bonds is 5. The first-order valence-electron chi connectivity index (χ1n) is 7.45. The number of aryl methyl sites for hydroxylation is 1. The Bertz CT molecular complexity index is 802. The summed E-state index contributed by atoms with van der Waals surface area (Å²) in [6, 6.07) is 3.39. The summed E-state index contributed by atoms with van der Waals surface area (Å²) in [7, 11) is 0. The number of carbonyl (C=O) groups excluding carboxylic acids is 1. The van der Waals surface area contributed by atoms with Gasteiger partial charge in [0.1, 0.15) is 12.4 Å². The van der Waals surface area contributed by atoms with E-state index in [4.69, 9.17) is 5.73 Å². The fourth-order valence-electron chi connectivity index (χ4n) is 2.47. The third-order valence-corrected chi connectivity index (χ3v) is 3.58. The van der Waals surface area contributed by atoms with E-state index in [9.17, 15) is 4.79 Å². The van der Waals surface area contributed by atoms with Crippen LogP contribution in [0, 0.1) is 6.92 Å². The van der Waals surface area contributed by atoms with Crippen LogP contribution < -0.4 is 11.1 Å². The van der Waals surface area contributed by atoms with Crippen LogP contribution in [0.4, 0.5) is 5.82 Å². The normalized spacial score (nSPS) is 12.4. The molecule has 3 rings (SSSR count). The van der Waals surface area contributed by atoms with Crippen molar-refractivity contribution in [2.75, 3.05) is 5.73 Å². The van der Waals surface area contributed by atoms with Gasteiger partial charge in [-0.15, -0.1) is 0 Å². The maximum absolute atomic E-state index is 12.3. The Morgan fingerprint density at radius 3 is 2.96 bits per heavy atom. The molecule has 3 heterocycles. The van der Waals surface area contributed by atoms with Crippen LogP contribution in [0.25, 0.3) is 5.78 Å². The van der Waals surface area contributed by atoms with Crippen molar-refractivity contribution in [2.45, 2.75) is 32.9 Å². The van der Waals surface area contributed by atoms with E-state index in [1.807, 2.05) is 36.7 Å². The fourth-order valence-corrected chi connectivity index (χ4v) is 2.47. The number of carbonyl (C=O) groups is 1. The Hall–Kier alpha value is -2.90. The summed E-state index contributed by atoms with van der Waals surface area (Å²) >= 11 is 0. The number of anilines is 1. The molecule has 0 fully saturated rings. The van der Waals surface area contributed by atoms with Gasteiger partial charge in [0.15, 0.2) is 0 Å². The number of nitrogens with zero attached hydrogens (tertiary/aromatic N) is 5. The highest BCUT2D eigenvalue weighted by atomic mass is 16.2. The lowest BCUT2D eigenvalue weighted by Gasteiger charge is -2.15. The molecule has 0 saturated carbocycles. The van der Waals surface area contributed by atoms with Crippen molar-refractivity contribution < 1.29 is 4.79 Å². The van der Waals surface area contributed by atoms with Crippen LogP contribution in [0.3, 0.4) is 0 Å². The second-order valence-electron chi connectivity index (χ2n) is 5.39. The Labute approximate surface area is 133 Å². The number of nitrogens with two attached hydrogens (primary N) is 1. The van der Waals surface area contributed by atoms with Gasteiger partial charge in [-0.1, -0.05) is 6.92 Å². The summed E-state index contributed by atoms with van der Waals surface area (Å²) in [5.74, 6) is 0.932. The quantitative estimate of drug-likeness (QED) is 0.734. The smallest absolute Gasteiger partial charge is 0.242 e. The number of amides is 1. The van der Waals surface area contributed by atoms with Crippen molar-refractivity contribution in [2.24, 2.45) is 0 Å². The molecular weight excluding hydrogens is 294 g/mol. The molecule has 3 N–H and O–H groups in total. The highest BCUT2D eigenvalue weighted by Crippen LogP contribution is 2.16. The number of hydrogen-bond donors (Lipinski definition) is 2. The summed E-state index contributed by atoms with van der Waals surface area (Å²) in [4.78, 5) is 20.9. The first kappa shape index (κ1) is 15.0. The highest BCUT2D eigenvalue weighted by Gasteiger charge is 2.17. The van der Waals surface area contributed by atoms with Crippen LogP contribution in [-0.2, 0) is 11.3 Å². The lowest BCUT2D eigenvalue weighted by Crippen LogP contribution is -2.32. The van der Waals surface area contributed by atoms with Crippen molar-refractivity contribution in [3.05, 3.63) is 42.1 Å². The van der Waals surface area contributed by atoms with Crippen LogP contribution in [0.5, 0.6) is 0 Å². The molecule has 8 heteroatoms. The number of hydrogen-bond acceptors (Lipinski definition) is 5. The number of imidazole rings is 1. The summed E-state index contributed by atoms with van der Waals surface area (Å²) in [6.07, 6.45) is 6.17. The molecule has 8 nitrogen and oxygen atoms in total. The van der Waals surface area contributed by atoms with Crippen molar-refractivity contribution in [1.82, 2.24) is 29.5 Å². The maximum atomic E-state index is 12.3. The van der Waals surface area contributed by atoms with Crippen molar-refractivity contribution >= 4 is 17.5 Å². The van der Waals surface area contributed by atoms with E-state index >= 15 is 0 Å². The van der Waals surface area contributed by atoms with Gasteiger partial charge in [0.05, 0.1) is 17.4 Å². The minimum Gasteiger partial charge on any atom is -0.384 e. The SMILES string of the molecule is CCC(NC(=O)Cn1nc(C)cc1N)c1cn2cccnc2n1. The molecule has 0 saturated heterocycles. The molecule has 0 spiro atoms. The topological polar surface area (TPSA) is 103 Å². The number of aromatic nitrogens is 5. The third-order valence-electron chi connectivity index (χ3n) is 3.58. The van der Waals surface area contributed by atoms with Crippen LogP contribution in [0.2, 0.25) is 0 Å². The summed E-state index contributed by atoms with van der Waals surface area (Å²) in [6.45, 7) is 3.92. The summed E-state index contributed by atoms with van der Waals surface area (Å²) in [5, 5.41) is 7.16. The fraction of sp³-hybridized carbons (Fsp3) is 0.333. The molecule has 0 bridgehead atoms. The first-order valence-corrected chi connectivity index (χ1v) is 7.45. The summed E-state index contributed by atoms with van der Waals surface area (Å²) < 4.78 is 3.32. The van der Waals surface area contributed by atoms with Crippen LogP contribution in [0.1, 0.15) is 30.8 Å². The molecule has 3 aromatic rings. The van der Waals surface area contributed by atoms with Crippen LogP contribution in [0.15, 0.2) is 30.7 Å². The Balaban J connectivity index is 1.73. The van der Waals surface area contributed by atoms with Gasteiger partial charge in [-0.05, 0) is 19.4 Å². The molecular formula is C15H19N7O. The van der Waals surface area contributed by atoms with Gasteiger partial charge >= 0.3 is 0 Å². The zero-order chi connectivity index (χ0) is 16.4. The Morgan fingerprint density at radius 1 is 1.48 bits per heavy atom. The van der Waals surface area contributed by atoms with E-state index in [-0.39, 0.29) is 18.5 Å². The predicted molar refractivity (Wildman–Crippen MR) is 85.5 cm³/mol. The molecule has 0 radical (unpaired) electrons. The van der Waals surface area contributed by atoms with Crippen molar-refractivity contribution in [3.63, 3.8) is 0 Å². The Morgan fingerprint density at radius 2 is 2.30 bits per heavy atom. The van der Waals surface area contributed by atoms with Gasteiger partial charge in [-0.2, -0.15) is 5.10 Å². The lowest BCUT2D eigenvalue weighted by atomic mass is 10.1. The number of nitrogen functional groups attached to an aromatic ring is 1. The van der Waals surface area contributed by atoms with E-state index < -0.39 is 0 Å². The van der Waals surface area contributed by atoms with Crippen LogP contribution >= 0.6 is 0 Å². The lowest BCUT2D eigenvalue weighted by molar-refractivity contribution is -0.122. The average Bonchev–Trinajstić information content (AvgIpc) is 3.08. The van der Waals surface area contributed by atoms with Gasteiger partial charge < -0.3 is 11.1 Å². The molecule has 23 heavy (non-hydrogen) atoms. The molecule has 1 atom stereocenters. The number of fused-ring (bicyclic) bond motifs is 1. The van der Waals surface area contributed by atoms with E-state index in [1.54, 1.807) is 12.3 Å². The van der Waals surface area contributed by atoms with E-state index in [0.717, 1.165) is 17.8 Å². The monoisotopic (exact) mass is 313 g/mol. The molecule has 0 aliphatic carbocycles. The van der Waals surface area contributed by atoms with Gasteiger partial charge in [-0.3, -0.25) is 9.20 Å². The van der Waals surface area contributed by atoms with Gasteiger partial charge in [0.25, 0.3) is 0 Å². The van der Waals surface area contributed by atoms with Crippen molar-refractivity contribution in [1.29, 1.82) is 0 Å². The molecule has 3 aromatic heterocycles. The molecule has 1 unspecified atom stereocenters. The average molecular weight is 313 g/mol. The minimum atomic E-state index is -0.179. The standard InChI is InChI=1S/C15H19N7O/c1-3-11(12-8-21-6-4-5-17-15(21)19-12)18-14(23)9-22-13(16)7-10(2)20-22/h4-8,11H,3,9,16H2,1-2H3,(H,18,23). The van der Waals surface area contributed by atoms with Gasteiger partial charge in [0.2, 0.25) is 11.7 Å². The van der Waals surface area contributed by atoms with Gasteiger partial charge in [0, 0.05) is 24.7 Å². The zero-order valence-corrected chi connectivity index (χ0v) is 13.1. The zero-order valence-electron chi connectivity index (χ0n) is 13.1. The van der Waals surface area contributed by atoms with Gasteiger partial charge in [-0.25, -0.2) is 14.6 Å². The summed E-state index contributed by atoms with van der Waals surface area (Å²) in [5.41, 5.74) is 7.38. The second-order valence-corrected chi connectivity index (χ2v) is 5.39. The third kappa shape index (κ3) is 3.15. The van der Waals surface area contributed by atoms with E-state index in [2.05, 4.69) is 20.4 Å². The maximum Gasteiger partial charge on any atom is 0.242 e. The predicted octanol–water partition coefficient (Wildman–Crippen LogP) is 1.08. The molecule has 0 aliphatic rings. The largest absolute Gasteiger partial charge is 0.384 e.